The number of Topliss-reactive ketones (excluding diaryl/α,β-unsaturated/α-hetero) is 1. The molecule has 1 N–H and O–H groups in total. The Morgan fingerprint density at radius 2 is 1.53 bits per heavy atom. The molecule has 3 aromatic rings. The van der Waals surface area contributed by atoms with Crippen LogP contribution in [-0.4, -0.2) is 42.8 Å². The summed E-state index contributed by atoms with van der Waals surface area (Å²) in [5.41, 5.74) is 2.75. The Hall–Kier alpha value is -3.24. The van der Waals surface area contributed by atoms with Crippen LogP contribution in [0.1, 0.15) is 46.3 Å². The summed E-state index contributed by atoms with van der Waals surface area (Å²) in [6, 6.07) is 27.5. The summed E-state index contributed by atoms with van der Waals surface area (Å²) >= 11 is 0. The summed E-state index contributed by atoms with van der Waals surface area (Å²) < 4.78 is 0.820. The zero-order chi connectivity index (χ0) is 24.2. The highest BCUT2D eigenvalue weighted by Gasteiger charge is 2.49. The second-order valence-corrected chi connectivity index (χ2v) is 10.00. The zero-order valence-electron chi connectivity index (χ0n) is 20.2. The number of carbonyl (C=O) groups excluding carboxylic acids is 1. The lowest BCUT2D eigenvalue weighted by atomic mass is 9.65. The number of hydrogen-bond donors (Lipinski definition) is 1. The van der Waals surface area contributed by atoms with E-state index in [0.29, 0.717) is 6.42 Å². The third-order valence-corrected chi connectivity index (χ3v) is 7.58. The molecule has 0 radical (unpaired) electrons. The first-order valence-electron chi connectivity index (χ1n) is 12.2. The lowest BCUT2D eigenvalue weighted by Crippen LogP contribution is -2.52. The molecule has 0 bridgehead atoms. The normalized spacial score (nSPS) is 20.2. The molecular formula is C30H34N2O2. The van der Waals surface area contributed by atoms with Crippen molar-refractivity contribution in [2.45, 2.75) is 31.6 Å². The SMILES string of the molecule is Cc1ccc(C(=O)CCC[N@@+]2(C)CCC(C(C(=N)[O-])(c3ccccc3)c3ccccc3)C2)cc1. The van der Waals surface area contributed by atoms with Gasteiger partial charge < -0.3 is 15.0 Å². The predicted octanol–water partition coefficient (Wildman–Crippen LogP) is 4.75. The van der Waals surface area contributed by atoms with Crippen molar-refractivity contribution < 1.29 is 14.4 Å². The van der Waals surface area contributed by atoms with E-state index in [0.717, 1.165) is 59.2 Å². The van der Waals surface area contributed by atoms with Gasteiger partial charge in [0.25, 0.3) is 0 Å². The van der Waals surface area contributed by atoms with Crippen LogP contribution in [0.5, 0.6) is 0 Å². The van der Waals surface area contributed by atoms with E-state index in [1.807, 2.05) is 91.9 Å². The van der Waals surface area contributed by atoms with Crippen molar-refractivity contribution in [2.75, 3.05) is 26.7 Å². The molecule has 4 nitrogen and oxygen atoms in total. The quantitative estimate of drug-likeness (QED) is 0.220. The number of nitrogens with zero attached hydrogens (tertiary/aromatic N) is 1. The molecule has 4 heteroatoms. The number of carbonyl (C=O) groups is 1. The van der Waals surface area contributed by atoms with Gasteiger partial charge in [-0.15, -0.1) is 0 Å². The highest BCUT2D eigenvalue weighted by Crippen LogP contribution is 2.45. The Bertz CT molecular complexity index is 1090. The van der Waals surface area contributed by atoms with Crippen molar-refractivity contribution in [3.63, 3.8) is 0 Å². The molecule has 0 spiro atoms. The van der Waals surface area contributed by atoms with Gasteiger partial charge in [0.1, 0.15) is 0 Å². The van der Waals surface area contributed by atoms with Crippen LogP contribution < -0.4 is 5.11 Å². The van der Waals surface area contributed by atoms with Gasteiger partial charge in [0, 0.05) is 30.7 Å². The number of aryl methyl sites for hydroxylation is 1. The Morgan fingerprint density at radius 3 is 2.06 bits per heavy atom. The number of nitrogens with one attached hydrogen (secondary N) is 1. The van der Waals surface area contributed by atoms with Crippen LogP contribution in [0.4, 0.5) is 0 Å². The summed E-state index contributed by atoms with van der Waals surface area (Å²) in [5.74, 6) is -0.329. The van der Waals surface area contributed by atoms with Gasteiger partial charge in [-0.25, -0.2) is 0 Å². The number of rotatable bonds is 9. The van der Waals surface area contributed by atoms with Crippen LogP contribution in [0.2, 0.25) is 0 Å². The molecule has 4 rings (SSSR count). The maximum Gasteiger partial charge on any atom is 0.163 e. The van der Waals surface area contributed by atoms with Gasteiger partial charge in [-0.2, -0.15) is 0 Å². The smallest absolute Gasteiger partial charge is 0.163 e. The molecule has 0 aliphatic carbocycles. The summed E-state index contributed by atoms with van der Waals surface area (Å²) in [5, 5.41) is 21.6. The molecule has 1 fully saturated rings. The third-order valence-electron chi connectivity index (χ3n) is 7.58. The van der Waals surface area contributed by atoms with E-state index in [9.17, 15) is 9.90 Å². The van der Waals surface area contributed by atoms with Gasteiger partial charge in [-0.3, -0.25) is 4.79 Å². The fourth-order valence-corrected chi connectivity index (χ4v) is 5.73. The van der Waals surface area contributed by atoms with Crippen molar-refractivity contribution in [2.24, 2.45) is 5.92 Å². The topological polar surface area (TPSA) is 64.0 Å². The fourth-order valence-electron chi connectivity index (χ4n) is 5.73. The Balaban J connectivity index is 1.53. The van der Waals surface area contributed by atoms with E-state index < -0.39 is 11.3 Å². The second kappa shape index (κ2) is 9.94. The number of quaternary nitrogens is 1. The molecule has 1 saturated heterocycles. The number of benzene rings is 3. The van der Waals surface area contributed by atoms with Gasteiger partial charge in [0.05, 0.1) is 32.1 Å². The van der Waals surface area contributed by atoms with E-state index in [4.69, 9.17) is 5.41 Å². The average molecular weight is 455 g/mol. The van der Waals surface area contributed by atoms with Crippen molar-refractivity contribution in [3.05, 3.63) is 107 Å². The minimum atomic E-state index is -0.976. The molecule has 0 aromatic heterocycles. The largest absolute Gasteiger partial charge is 0.861 e. The number of likely N-dealkylation sites (tertiary alicyclic amines) is 1. The van der Waals surface area contributed by atoms with Crippen molar-refractivity contribution >= 4 is 11.7 Å². The van der Waals surface area contributed by atoms with Gasteiger partial charge in [0.15, 0.2) is 5.78 Å². The molecule has 0 saturated carbocycles. The standard InChI is InChI=1S/C30H34N2O2/c1-23-15-17-24(18-16-23)28(33)14-9-20-32(2)21-19-27(22-32)30(29(31)34,25-10-5-3-6-11-25)26-12-7-4-8-13-26/h3-8,10-13,15-18,27H,9,14,19-22H2,1-2H3,(H-,31,34)/t27?,32-/m0/s1. The van der Waals surface area contributed by atoms with E-state index >= 15 is 0 Å². The lowest BCUT2D eigenvalue weighted by molar-refractivity contribution is -0.899. The molecule has 1 aliphatic rings. The highest BCUT2D eigenvalue weighted by atomic mass is 16.3. The summed E-state index contributed by atoms with van der Waals surface area (Å²) in [6.07, 6.45) is 2.21. The lowest BCUT2D eigenvalue weighted by Gasteiger charge is -2.43. The molecule has 1 unspecified atom stereocenters. The molecule has 176 valence electrons. The van der Waals surface area contributed by atoms with E-state index in [1.54, 1.807) is 0 Å². The molecule has 34 heavy (non-hydrogen) atoms. The zero-order valence-corrected chi connectivity index (χ0v) is 20.2. The monoisotopic (exact) mass is 454 g/mol. The first kappa shape index (κ1) is 23.9. The van der Waals surface area contributed by atoms with Crippen LogP contribution in [0.25, 0.3) is 0 Å². The van der Waals surface area contributed by atoms with Gasteiger partial charge in [0.2, 0.25) is 0 Å². The molecule has 1 aliphatic heterocycles. The Kier molecular flexibility index (Phi) is 6.99. The highest BCUT2D eigenvalue weighted by molar-refractivity contribution is 5.96. The number of hydrogen-bond acceptors (Lipinski definition) is 3. The fraction of sp³-hybridized carbons (Fsp3) is 0.333. The van der Waals surface area contributed by atoms with Crippen LogP contribution >= 0.6 is 0 Å². The van der Waals surface area contributed by atoms with Crippen molar-refractivity contribution in [3.8, 4) is 0 Å². The first-order valence-corrected chi connectivity index (χ1v) is 12.2. The third kappa shape index (κ3) is 4.69. The maximum absolute atomic E-state index is 13.2. The maximum atomic E-state index is 13.2. The van der Waals surface area contributed by atoms with E-state index in [2.05, 4.69) is 7.05 Å². The van der Waals surface area contributed by atoms with Crippen LogP contribution in [0.3, 0.4) is 0 Å². The van der Waals surface area contributed by atoms with Crippen molar-refractivity contribution in [1.82, 2.24) is 0 Å². The predicted molar refractivity (Wildman–Crippen MR) is 135 cm³/mol. The minimum absolute atomic E-state index is 0.0279. The van der Waals surface area contributed by atoms with Crippen LogP contribution in [0.15, 0.2) is 84.9 Å². The molecule has 2 atom stereocenters. The van der Waals surface area contributed by atoms with Gasteiger partial charge in [-0.05, 0) is 23.9 Å². The Labute approximate surface area is 203 Å². The average Bonchev–Trinajstić information content (AvgIpc) is 3.23. The van der Waals surface area contributed by atoms with Gasteiger partial charge >= 0.3 is 0 Å². The summed E-state index contributed by atoms with van der Waals surface area (Å²) in [7, 11) is 2.23. The minimum Gasteiger partial charge on any atom is -0.861 e. The summed E-state index contributed by atoms with van der Waals surface area (Å²) in [4.78, 5) is 12.6. The molecule has 0 amide bonds. The van der Waals surface area contributed by atoms with Gasteiger partial charge in [-0.1, -0.05) is 90.5 Å². The first-order chi connectivity index (χ1) is 16.3. The Morgan fingerprint density at radius 1 is 0.971 bits per heavy atom. The second-order valence-electron chi connectivity index (χ2n) is 10.00. The molecular weight excluding hydrogens is 420 g/mol. The van der Waals surface area contributed by atoms with Crippen LogP contribution in [0, 0.1) is 18.3 Å². The van der Waals surface area contributed by atoms with E-state index in [-0.39, 0.29) is 11.7 Å². The summed E-state index contributed by atoms with van der Waals surface area (Å²) in [6.45, 7) is 4.67. The van der Waals surface area contributed by atoms with E-state index in [1.165, 1.54) is 0 Å². The van der Waals surface area contributed by atoms with Crippen LogP contribution in [-0.2, 0) is 5.41 Å². The van der Waals surface area contributed by atoms with Crippen molar-refractivity contribution in [1.29, 1.82) is 5.41 Å². The molecule has 1 heterocycles. The number of ketones is 1. The molecule has 3 aromatic carbocycles.